The Hall–Kier alpha value is -1.20. The molecule has 0 bridgehead atoms. The third kappa shape index (κ3) is 3.64. The fourth-order valence-electron chi connectivity index (χ4n) is 2.52. The van der Waals surface area contributed by atoms with Gasteiger partial charge in [0, 0.05) is 30.2 Å². The van der Waals surface area contributed by atoms with Gasteiger partial charge in [-0.2, -0.15) is 0 Å². The van der Waals surface area contributed by atoms with Crippen molar-refractivity contribution < 1.29 is 4.74 Å². The summed E-state index contributed by atoms with van der Waals surface area (Å²) in [7, 11) is 0. The molecule has 1 aliphatic rings. The van der Waals surface area contributed by atoms with Gasteiger partial charge in [0.1, 0.15) is 4.99 Å². The van der Waals surface area contributed by atoms with Crippen LogP contribution in [0.3, 0.4) is 0 Å². The summed E-state index contributed by atoms with van der Waals surface area (Å²) in [5.41, 5.74) is 9.47. The fraction of sp³-hybridized carbons (Fsp3) is 0.571. The predicted molar refractivity (Wildman–Crippen MR) is 81.7 cm³/mol. The Morgan fingerprint density at radius 1 is 1.58 bits per heavy atom. The summed E-state index contributed by atoms with van der Waals surface area (Å²) < 4.78 is 5.61. The van der Waals surface area contributed by atoms with Gasteiger partial charge in [0.15, 0.2) is 0 Å². The SMILES string of the molecule is Cc1cc(NCCC2CCCO2)c(C(N)=S)c(C)n1. The van der Waals surface area contributed by atoms with Crippen molar-refractivity contribution in [1.29, 1.82) is 0 Å². The smallest absolute Gasteiger partial charge is 0.107 e. The molecule has 2 heterocycles. The molecule has 1 aromatic heterocycles. The molecule has 0 radical (unpaired) electrons. The van der Waals surface area contributed by atoms with Crippen molar-refractivity contribution in [2.45, 2.75) is 39.2 Å². The third-order valence-electron chi connectivity index (χ3n) is 3.38. The highest BCUT2D eigenvalue weighted by atomic mass is 32.1. The van der Waals surface area contributed by atoms with E-state index >= 15 is 0 Å². The number of hydrogen-bond acceptors (Lipinski definition) is 4. The number of thiocarbonyl (C=S) groups is 1. The highest BCUT2D eigenvalue weighted by Crippen LogP contribution is 2.21. The summed E-state index contributed by atoms with van der Waals surface area (Å²) in [5, 5.41) is 3.42. The van der Waals surface area contributed by atoms with Crippen LogP contribution < -0.4 is 11.1 Å². The summed E-state index contributed by atoms with van der Waals surface area (Å²) >= 11 is 5.11. The lowest BCUT2D eigenvalue weighted by Crippen LogP contribution is -2.18. The molecular formula is C14H21N3OS. The normalized spacial score (nSPS) is 18.5. The second kappa shape index (κ2) is 6.30. The monoisotopic (exact) mass is 279 g/mol. The topological polar surface area (TPSA) is 60.2 Å². The van der Waals surface area contributed by atoms with Crippen LogP contribution >= 0.6 is 12.2 Å². The van der Waals surface area contributed by atoms with Crippen molar-refractivity contribution in [3.63, 3.8) is 0 Å². The molecule has 0 saturated carbocycles. The van der Waals surface area contributed by atoms with Gasteiger partial charge in [-0.3, -0.25) is 4.98 Å². The van der Waals surface area contributed by atoms with E-state index in [0.29, 0.717) is 11.1 Å². The Morgan fingerprint density at radius 2 is 2.37 bits per heavy atom. The van der Waals surface area contributed by atoms with Gasteiger partial charge in [-0.05, 0) is 39.2 Å². The number of rotatable bonds is 5. The number of aryl methyl sites for hydroxylation is 2. The lowest BCUT2D eigenvalue weighted by Gasteiger charge is -2.15. The van der Waals surface area contributed by atoms with Crippen molar-refractivity contribution in [3.05, 3.63) is 23.0 Å². The molecule has 0 aliphatic carbocycles. The lowest BCUT2D eigenvalue weighted by molar-refractivity contribution is 0.107. The first-order valence-corrected chi connectivity index (χ1v) is 7.12. The first-order valence-electron chi connectivity index (χ1n) is 6.71. The summed E-state index contributed by atoms with van der Waals surface area (Å²) in [6, 6.07) is 2.00. The van der Waals surface area contributed by atoms with Gasteiger partial charge < -0.3 is 15.8 Å². The zero-order valence-electron chi connectivity index (χ0n) is 11.5. The van der Waals surface area contributed by atoms with E-state index in [2.05, 4.69) is 10.3 Å². The van der Waals surface area contributed by atoms with Crippen LogP contribution in [-0.4, -0.2) is 29.2 Å². The van der Waals surface area contributed by atoms with Gasteiger partial charge in [-0.1, -0.05) is 12.2 Å². The zero-order chi connectivity index (χ0) is 13.8. The molecule has 1 fully saturated rings. The zero-order valence-corrected chi connectivity index (χ0v) is 12.3. The van der Waals surface area contributed by atoms with Gasteiger partial charge in [0.2, 0.25) is 0 Å². The van der Waals surface area contributed by atoms with Crippen LogP contribution in [0.15, 0.2) is 6.07 Å². The van der Waals surface area contributed by atoms with Crippen LogP contribution in [0.1, 0.15) is 36.2 Å². The number of anilines is 1. The van der Waals surface area contributed by atoms with Crippen LogP contribution in [0.2, 0.25) is 0 Å². The minimum absolute atomic E-state index is 0.393. The van der Waals surface area contributed by atoms with Gasteiger partial charge in [-0.25, -0.2) is 0 Å². The molecule has 3 N–H and O–H groups in total. The molecule has 2 rings (SSSR count). The third-order valence-corrected chi connectivity index (χ3v) is 3.58. The Kier molecular flexibility index (Phi) is 4.71. The van der Waals surface area contributed by atoms with E-state index < -0.39 is 0 Å². The van der Waals surface area contributed by atoms with Gasteiger partial charge >= 0.3 is 0 Å². The second-order valence-corrected chi connectivity index (χ2v) is 5.43. The van der Waals surface area contributed by atoms with Crippen molar-refractivity contribution in [1.82, 2.24) is 4.98 Å². The standard InChI is InChI=1S/C14H21N3OS/c1-9-8-12(13(14(15)19)10(2)17-9)16-6-5-11-4-3-7-18-11/h8,11H,3-7H2,1-2H3,(H2,15,19)(H,16,17). The highest BCUT2D eigenvalue weighted by molar-refractivity contribution is 7.80. The molecule has 1 unspecified atom stereocenters. The lowest BCUT2D eigenvalue weighted by atomic mass is 10.1. The average molecular weight is 279 g/mol. The molecule has 19 heavy (non-hydrogen) atoms. The van der Waals surface area contributed by atoms with Gasteiger partial charge in [0.25, 0.3) is 0 Å². The van der Waals surface area contributed by atoms with Crippen LogP contribution in [0.4, 0.5) is 5.69 Å². The molecular weight excluding hydrogens is 258 g/mol. The van der Waals surface area contributed by atoms with E-state index in [1.54, 1.807) is 0 Å². The molecule has 1 saturated heterocycles. The van der Waals surface area contributed by atoms with Crippen LogP contribution in [-0.2, 0) is 4.74 Å². The van der Waals surface area contributed by atoms with E-state index in [9.17, 15) is 0 Å². The highest BCUT2D eigenvalue weighted by Gasteiger charge is 2.16. The molecule has 0 amide bonds. The maximum absolute atomic E-state index is 5.79. The minimum Gasteiger partial charge on any atom is -0.389 e. The number of ether oxygens (including phenoxy) is 1. The number of nitrogens with one attached hydrogen (secondary N) is 1. The average Bonchev–Trinajstić information content (AvgIpc) is 2.80. The van der Waals surface area contributed by atoms with Crippen LogP contribution in [0.25, 0.3) is 0 Å². The maximum atomic E-state index is 5.79. The van der Waals surface area contributed by atoms with Crippen molar-refractivity contribution >= 4 is 22.9 Å². The molecule has 4 nitrogen and oxygen atoms in total. The Morgan fingerprint density at radius 3 is 3.00 bits per heavy atom. The largest absolute Gasteiger partial charge is 0.389 e. The first-order chi connectivity index (χ1) is 9.08. The van der Waals surface area contributed by atoms with E-state index in [1.165, 1.54) is 6.42 Å². The predicted octanol–water partition coefficient (Wildman–Crippen LogP) is 2.31. The summed E-state index contributed by atoms with van der Waals surface area (Å²) in [4.78, 5) is 4.80. The van der Waals surface area contributed by atoms with E-state index in [4.69, 9.17) is 22.7 Å². The van der Waals surface area contributed by atoms with Gasteiger partial charge in [0.05, 0.1) is 11.7 Å². The first kappa shape index (κ1) is 14.2. The Labute approximate surface area is 119 Å². The van der Waals surface area contributed by atoms with Crippen molar-refractivity contribution in [2.24, 2.45) is 5.73 Å². The molecule has 104 valence electrons. The number of pyridine rings is 1. The molecule has 0 spiro atoms. The van der Waals surface area contributed by atoms with Gasteiger partial charge in [-0.15, -0.1) is 0 Å². The molecule has 1 aromatic rings. The fourth-order valence-corrected chi connectivity index (χ4v) is 2.78. The molecule has 1 aliphatic heterocycles. The van der Waals surface area contributed by atoms with Crippen molar-refractivity contribution in [3.8, 4) is 0 Å². The summed E-state index contributed by atoms with van der Waals surface area (Å²) in [6.45, 7) is 5.67. The number of nitrogens with two attached hydrogens (primary N) is 1. The van der Waals surface area contributed by atoms with E-state index in [0.717, 1.165) is 48.6 Å². The van der Waals surface area contributed by atoms with E-state index in [1.807, 2.05) is 19.9 Å². The van der Waals surface area contributed by atoms with Crippen LogP contribution in [0.5, 0.6) is 0 Å². The quantitative estimate of drug-likeness (QED) is 0.810. The summed E-state index contributed by atoms with van der Waals surface area (Å²) in [5.74, 6) is 0. The van der Waals surface area contributed by atoms with Crippen molar-refractivity contribution in [2.75, 3.05) is 18.5 Å². The number of nitrogens with zero attached hydrogens (tertiary/aromatic N) is 1. The maximum Gasteiger partial charge on any atom is 0.107 e. The Bertz CT molecular complexity index is 470. The number of aromatic nitrogens is 1. The minimum atomic E-state index is 0.393. The second-order valence-electron chi connectivity index (χ2n) is 4.99. The molecule has 5 heteroatoms. The van der Waals surface area contributed by atoms with E-state index in [-0.39, 0.29) is 0 Å². The summed E-state index contributed by atoms with van der Waals surface area (Å²) in [6.07, 6.45) is 3.75. The molecule has 1 atom stereocenters. The molecule has 0 aromatic carbocycles. The number of hydrogen-bond donors (Lipinski definition) is 2. The Balaban J connectivity index is 2.03. The van der Waals surface area contributed by atoms with Crippen LogP contribution in [0, 0.1) is 13.8 Å².